The Morgan fingerprint density at radius 3 is 2.38 bits per heavy atom. The lowest BCUT2D eigenvalue weighted by atomic mass is 10.2. The van der Waals surface area contributed by atoms with E-state index in [1.165, 1.54) is 24.5 Å². The predicted molar refractivity (Wildman–Crippen MR) is 87.0 cm³/mol. The van der Waals surface area contributed by atoms with Gasteiger partial charge in [-0.3, -0.25) is 9.59 Å². The molecule has 24 heavy (non-hydrogen) atoms. The van der Waals surface area contributed by atoms with Crippen LogP contribution in [0.15, 0.2) is 54.9 Å². The third kappa shape index (κ3) is 4.23. The zero-order chi connectivity index (χ0) is 17.4. The maximum Gasteiger partial charge on any atom is 0.341 e. The van der Waals surface area contributed by atoms with E-state index in [1.54, 1.807) is 24.5 Å². The number of aromatic nitrogens is 2. The van der Waals surface area contributed by atoms with Crippen molar-refractivity contribution in [3.63, 3.8) is 0 Å². The Hall–Kier alpha value is -3.55. The topological polar surface area (TPSA) is 109 Å². The first-order chi connectivity index (χ1) is 11.6. The second-order valence-electron chi connectivity index (χ2n) is 4.48. The van der Waals surface area contributed by atoms with E-state index in [0.29, 0.717) is 0 Å². The number of urea groups is 1. The second kappa shape index (κ2) is 8.18. The minimum atomic E-state index is -1.00. The highest BCUT2D eigenvalue weighted by molar-refractivity contribution is 5.99. The Morgan fingerprint density at radius 2 is 1.79 bits per heavy atom. The van der Waals surface area contributed by atoms with Gasteiger partial charge in [-0.2, -0.15) is 5.01 Å². The SMILES string of the molecule is NC(=O)N(c1ncccn1)N(C[C]=O)C(=O)/C=C/c1ccccc1. The largest absolute Gasteiger partial charge is 0.350 e. The van der Waals surface area contributed by atoms with Crippen LogP contribution in [0.25, 0.3) is 6.08 Å². The van der Waals surface area contributed by atoms with Gasteiger partial charge in [0.1, 0.15) is 6.54 Å². The van der Waals surface area contributed by atoms with Crippen LogP contribution >= 0.6 is 0 Å². The number of anilines is 1. The van der Waals surface area contributed by atoms with Gasteiger partial charge in [-0.1, -0.05) is 30.3 Å². The molecule has 1 radical (unpaired) electrons. The van der Waals surface area contributed by atoms with Gasteiger partial charge in [-0.25, -0.2) is 19.8 Å². The number of carbonyl (C=O) groups is 2. The van der Waals surface area contributed by atoms with Crippen molar-refractivity contribution < 1.29 is 14.4 Å². The standard InChI is InChI=1S/C16H14N5O3/c17-15(24)21(16-18-9-4-10-19-16)20(11-12-22)14(23)8-7-13-5-2-1-3-6-13/h1-10H,11H2,(H2,17,24)/b8-7+. The lowest BCUT2D eigenvalue weighted by Gasteiger charge is -2.28. The van der Waals surface area contributed by atoms with Crippen LogP contribution in [-0.4, -0.2) is 39.7 Å². The normalized spacial score (nSPS) is 10.3. The van der Waals surface area contributed by atoms with Gasteiger partial charge >= 0.3 is 6.03 Å². The molecule has 0 unspecified atom stereocenters. The number of hydrogen-bond donors (Lipinski definition) is 1. The van der Waals surface area contributed by atoms with Gasteiger partial charge in [-0.05, 0) is 17.7 Å². The van der Waals surface area contributed by atoms with E-state index in [2.05, 4.69) is 9.97 Å². The highest BCUT2D eigenvalue weighted by Crippen LogP contribution is 2.10. The van der Waals surface area contributed by atoms with Gasteiger partial charge in [0.25, 0.3) is 11.9 Å². The van der Waals surface area contributed by atoms with E-state index in [9.17, 15) is 14.4 Å². The molecule has 2 aromatic rings. The Kier molecular flexibility index (Phi) is 5.73. The number of carbonyl (C=O) groups excluding carboxylic acids is 3. The first-order valence-corrected chi connectivity index (χ1v) is 6.89. The summed E-state index contributed by atoms with van der Waals surface area (Å²) in [6.45, 7) is -0.501. The van der Waals surface area contributed by atoms with Gasteiger partial charge in [-0.15, -0.1) is 0 Å². The van der Waals surface area contributed by atoms with Crippen LogP contribution in [0, 0.1) is 0 Å². The maximum absolute atomic E-state index is 12.4. The molecule has 0 aliphatic rings. The molecule has 0 saturated heterocycles. The Labute approximate surface area is 138 Å². The molecule has 2 N–H and O–H groups in total. The van der Waals surface area contributed by atoms with Crippen molar-refractivity contribution in [1.82, 2.24) is 15.0 Å². The molecule has 8 heteroatoms. The van der Waals surface area contributed by atoms with Crippen LogP contribution in [0.4, 0.5) is 10.7 Å². The molecule has 121 valence electrons. The van der Waals surface area contributed by atoms with Crippen LogP contribution in [0.5, 0.6) is 0 Å². The summed E-state index contributed by atoms with van der Waals surface area (Å²) in [4.78, 5) is 42.6. The summed E-state index contributed by atoms with van der Waals surface area (Å²) >= 11 is 0. The Morgan fingerprint density at radius 1 is 1.12 bits per heavy atom. The predicted octanol–water partition coefficient (Wildman–Crippen LogP) is 0.928. The number of benzene rings is 1. The zero-order valence-corrected chi connectivity index (χ0v) is 12.6. The van der Waals surface area contributed by atoms with E-state index in [-0.39, 0.29) is 5.95 Å². The number of primary amides is 1. The number of hydrogen-bond acceptors (Lipinski definition) is 5. The van der Waals surface area contributed by atoms with Gasteiger partial charge in [0.15, 0.2) is 0 Å². The molecule has 1 aromatic heterocycles. The first kappa shape index (κ1) is 16.8. The summed E-state index contributed by atoms with van der Waals surface area (Å²) in [6.07, 6.45) is 7.09. The molecule has 2 rings (SSSR count). The second-order valence-corrected chi connectivity index (χ2v) is 4.48. The van der Waals surface area contributed by atoms with E-state index >= 15 is 0 Å². The van der Waals surface area contributed by atoms with E-state index in [0.717, 1.165) is 15.6 Å². The van der Waals surface area contributed by atoms with Crippen molar-refractivity contribution in [1.29, 1.82) is 0 Å². The molecule has 0 aliphatic heterocycles. The molecule has 3 amide bonds. The third-order valence-corrected chi connectivity index (χ3v) is 2.88. The van der Waals surface area contributed by atoms with Crippen LogP contribution in [0.2, 0.25) is 0 Å². The summed E-state index contributed by atoms with van der Waals surface area (Å²) in [5, 5.41) is 1.53. The molecular weight excluding hydrogens is 310 g/mol. The fraction of sp³-hybridized carbons (Fsp3) is 0.0625. The smallest absolute Gasteiger partial charge is 0.341 e. The van der Waals surface area contributed by atoms with E-state index in [1.807, 2.05) is 18.2 Å². The van der Waals surface area contributed by atoms with Crippen molar-refractivity contribution >= 4 is 30.2 Å². The Bertz CT molecular complexity index is 734. The summed E-state index contributed by atoms with van der Waals surface area (Å²) in [5.41, 5.74) is 6.08. The van der Waals surface area contributed by atoms with E-state index < -0.39 is 18.5 Å². The fourth-order valence-corrected chi connectivity index (χ4v) is 1.85. The summed E-state index contributed by atoms with van der Waals surface area (Å²) in [7, 11) is 0. The molecule has 8 nitrogen and oxygen atoms in total. The van der Waals surface area contributed by atoms with Crippen molar-refractivity contribution in [2.24, 2.45) is 5.73 Å². The van der Waals surface area contributed by atoms with Crippen LogP contribution < -0.4 is 10.7 Å². The molecule has 0 aliphatic carbocycles. The van der Waals surface area contributed by atoms with Crippen molar-refractivity contribution in [3.05, 3.63) is 60.4 Å². The molecule has 0 spiro atoms. The lowest BCUT2D eigenvalue weighted by molar-refractivity contribution is -0.125. The highest BCUT2D eigenvalue weighted by Gasteiger charge is 2.26. The monoisotopic (exact) mass is 324 g/mol. The number of amides is 3. The van der Waals surface area contributed by atoms with Gasteiger partial charge in [0.2, 0.25) is 6.29 Å². The van der Waals surface area contributed by atoms with Gasteiger partial charge < -0.3 is 5.73 Å². The molecular formula is C16H14N5O3. The quantitative estimate of drug-likeness (QED) is 0.650. The number of hydrazine groups is 1. The van der Waals surface area contributed by atoms with E-state index in [4.69, 9.17) is 5.73 Å². The molecule has 0 atom stereocenters. The van der Waals surface area contributed by atoms with Crippen molar-refractivity contribution in [2.45, 2.75) is 0 Å². The average molecular weight is 324 g/mol. The lowest BCUT2D eigenvalue weighted by Crippen LogP contribution is -2.53. The fourth-order valence-electron chi connectivity index (χ4n) is 1.85. The first-order valence-electron chi connectivity index (χ1n) is 6.89. The molecule has 0 bridgehead atoms. The summed E-state index contributed by atoms with van der Waals surface area (Å²) < 4.78 is 0. The van der Waals surface area contributed by atoms with Crippen LogP contribution in [0.3, 0.4) is 0 Å². The molecule has 0 saturated carbocycles. The molecule has 1 heterocycles. The third-order valence-electron chi connectivity index (χ3n) is 2.88. The average Bonchev–Trinajstić information content (AvgIpc) is 2.61. The van der Waals surface area contributed by atoms with Crippen LogP contribution in [-0.2, 0) is 9.59 Å². The molecule has 1 aromatic carbocycles. The zero-order valence-electron chi connectivity index (χ0n) is 12.6. The minimum Gasteiger partial charge on any atom is -0.350 e. The van der Waals surface area contributed by atoms with Gasteiger partial charge in [0, 0.05) is 18.5 Å². The summed E-state index contributed by atoms with van der Waals surface area (Å²) in [5.74, 6) is -0.768. The molecule has 0 fully saturated rings. The van der Waals surface area contributed by atoms with Crippen LogP contribution in [0.1, 0.15) is 5.56 Å². The van der Waals surface area contributed by atoms with Crippen molar-refractivity contribution in [2.75, 3.05) is 11.6 Å². The van der Waals surface area contributed by atoms with Crippen molar-refractivity contribution in [3.8, 4) is 0 Å². The Balaban J connectivity index is 2.29. The minimum absolute atomic E-state index is 0.123. The number of rotatable bonds is 5. The number of nitrogens with two attached hydrogens (primary N) is 1. The highest BCUT2D eigenvalue weighted by atomic mass is 16.2. The van der Waals surface area contributed by atoms with Gasteiger partial charge in [0.05, 0.1) is 0 Å². The summed E-state index contributed by atoms with van der Waals surface area (Å²) in [6, 6.07) is 9.60. The maximum atomic E-state index is 12.4. The number of nitrogens with zero attached hydrogens (tertiary/aromatic N) is 4.